The lowest BCUT2D eigenvalue weighted by molar-refractivity contribution is 0.0480. The van der Waals surface area contributed by atoms with Gasteiger partial charge in [0.1, 0.15) is 0 Å². The van der Waals surface area contributed by atoms with Gasteiger partial charge in [0, 0.05) is 27.4 Å². The Morgan fingerprint density at radius 3 is 2.52 bits per heavy atom. The molecule has 0 radical (unpaired) electrons. The Hall–Kier alpha value is -0.100. The second-order valence-corrected chi connectivity index (χ2v) is 9.79. The van der Waals surface area contributed by atoms with Crippen LogP contribution in [0.4, 0.5) is 0 Å². The first-order chi connectivity index (χ1) is 9.99. The van der Waals surface area contributed by atoms with Crippen LogP contribution in [0.1, 0.15) is 43.4 Å². The lowest BCUT2D eigenvalue weighted by atomic mass is 9.83. The van der Waals surface area contributed by atoms with Crippen LogP contribution in [-0.4, -0.2) is 27.4 Å². The fourth-order valence-corrected chi connectivity index (χ4v) is 5.58. The van der Waals surface area contributed by atoms with Gasteiger partial charge in [0.25, 0.3) is 0 Å². The summed E-state index contributed by atoms with van der Waals surface area (Å²) in [5, 5.41) is 2.06. The zero-order chi connectivity index (χ0) is 15.2. The zero-order valence-electron chi connectivity index (χ0n) is 12.2. The summed E-state index contributed by atoms with van der Waals surface area (Å²) in [6, 6.07) is 4.13. The van der Waals surface area contributed by atoms with Crippen molar-refractivity contribution in [1.82, 2.24) is 0 Å². The van der Waals surface area contributed by atoms with Crippen molar-refractivity contribution >= 4 is 31.1 Å². The Morgan fingerprint density at radius 2 is 1.95 bits per heavy atom. The summed E-state index contributed by atoms with van der Waals surface area (Å²) in [5.41, 5.74) is -0.285. The van der Waals surface area contributed by atoms with Crippen LogP contribution >= 0.6 is 22.0 Å². The van der Waals surface area contributed by atoms with E-state index < -0.39 is 9.05 Å². The van der Waals surface area contributed by atoms with E-state index in [1.54, 1.807) is 11.3 Å². The molecule has 1 fully saturated rings. The number of rotatable bonds is 7. The summed E-state index contributed by atoms with van der Waals surface area (Å²) in [5.74, 6) is 0.0422. The predicted molar refractivity (Wildman–Crippen MR) is 88.6 cm³/mol. The second-order valence-electron chi connectivity index (χ2n) is 5.98. The smallest absolute Gasteiger partial charge is 0.233 e. The maximum Gasteiger partial charge on any atom is 0.233 e. The van der Waals surface area contributed by atoms with Crippen LogP contribution in [-0.2, 0) is 20.2 Å². The minimum Gasteiger partial charge on any atom is -0.380 e. The molecule has 0 spiro atoms. The van der Waals surface area contributed by atoms with Gasteiger partial charge in [-0.15, -0.1) is 11.3 Å². The molecule has 0 saturated heterocycles. The highest BCUT2D eigenvalue weighted by Gasteiger charge is 2.35. The van der Waals surface area contributed by atoms with Gasteiger partial charge in [-0.1, -0.05) is 31.7 Å². The van der Waals surface area contributed by atoms with Gasteiger partial charge < -0.3 is 4.74 Å². The Kier molecular flexibility index (Phi) is 6.53. The zero-order valence-corrected chi connectivity index (χ0v) is 14.6. The fourth-order valence-electron chi connectivity index (χ4n) is 3.09. The average Bonchev–Trinajstić information content (AvgIpc) is 2.81. The van der Waals surface area contributed by atoms with E-state index in [4.69, 9.17) is 15.4 Å². The Bertz CT molecular complexity index is 503. The summed E-state index contributed by atoms with van der Waals surface area (Å²) >= 11 is 1.72. The molecule has 120 valence electrons. The van der Waals surface area contributed by atoms with Gasteiger partial charge in [-0.2, -0.15) is 0 Å². The fraction of sp³-hybridized carbons (Fsp3) is 0.733. The molecule has 0 aromatic carbocycles. The molecule has 21 heavy (non-hydrogen) atoms. The van der Waals surface area contributed by atoms with Crippen molar-refractivity contribution in [2.75, 3.05) is 19.0 Å². The molecular formula is C15H23ClO3S2. The van der Waals surface area contributed by atoms with E-state index in [9.17, 15) is 8.42 Å². The van der Waals surface area contributed by atoms with Crippen LogP contribution in [0.3, 0.4) is 0 Å². The maximum absolute atomic E-state index is 11.5. The summed E-state index contributed by atoms with van der Waals surface area (Å²) in [6.07, 6.45) is 7.19. The van der Waals surface area contributed by atoms with Gasteiger partial charge in [-0.3, -0.25) is 0 Å². The Morgan fingerprint density at radius 1 is 1.24 bits per heavy atom. The first-order valence-corrected chi connectivity index (χ1v) is 10.9. The van der Waals surface area contributed by atoms with Crippen molar-refractivity contribution < 1.29 is 13.2 Å². The molecule has 1 aromatic rings. The quantitative estimate of drug-likeness (QED) is 0.420. The highest BCUT2D eigenvalue weighted by atomic mass is 35.7. The third kappa shape index (κ3) is 6.27. The van der Waals surface area contributed by atoms with Gasteiger partial charge in [0.15, 0.2) is 0 Å². The monoisotopic (exact) mass is 350 g/mol. The largest absolute Gasteiger partial charge is 0.380 e. The summed E-state index contributed by atoms with van der Waals surface area (Å²) < 4.78 is 28.9. The third-order valence-electron chi connectivity index (χ3n) is 4.12. The predicted octanol–water partition coefficient (Wildman–Crippen LogP) is 4.22. The van der Waals surface area contributed by atoms with E-state index in [2.05, 4.69) is 11.4 Å². The van der Waals surface area contributed by atoms with Crippen molar-refractivity contribution in [1.29, 1.82) is 0 Å². The molecule has 0 bridgehead atoms. The summed E-state index contributed by atoms with van der Waals surface area (Å²) in [4.78, 5) is 1.30. The van der Waals surface area contributed by atoms with Crippen molar-refractivity contribution in [3.8, 4) is 0 Å². The Balaban J connectivity index is 1.88. The van der Waals surface area contributed by atoms with Gasteiger partial charge in [-0.05, 0) is 24.3 Å². The molecule has 1 aromatic heterocycles. The van der Waals surface area contributed by atoms with Crippen LogP contribution < -0.4 is 0 Å². The molecular weight excluding hydrogens is 328 g/mol. The van der Waals surface area contributed by atoms with E-state index in [0.29, 0.717) is 13.2 Å². The van der Waals surface area contributed by atoms with Crippen molar-refractivity contribution in [2.24, 2.45) is 5.41 Å². The van der Waals surface area contributed by atoms with Gasteiger partial charge in [0.05, 0.1) is 19.0 Å². The molecule has 3 nitrogen and oxygen atoms in total. The number of ether oxygens (including phenoxy) is 1. The lowest BCUT2D eigenvalue weighted by Gasteiger charge is -2.31. The standard InChI is InChI=1S/C15H23ClO3S2/c16-21(17,18)13-15(8-3-1-2-4-9-15)12-19-10-7-14-6-5-11-20-14/h5-6,11H,1-4,7-10,12-13H2. The second kappa shape index (κ2) is 7.95. The van der Waals surface area contributed by atoms with E-state index >= 15 is 0 Å². The van der Waals surface area contributed by atoms with E-state index in [1.165, 1.54) is 17.7 Å². The molecule has 1 aliphatic rings. The van der Waals surface area contributed by atoms with Crippen LogP contribution in [0.15, 0.2) is 17.5 Å². The van der Waals surface area contributed by atoms with E-state index in [1.807, 2.05) is 6.07 Å². The van der Waals surface area contributed by atoms with Gasteiger partial charge in [-0.25, -0.2) is 8.42 Å². The van der Waals surface area contributed by atoms with Crippen LogP contribution in [0, 0.1) is 5.41 Å². The normalized spacial score (nSPS) is 19.3. The molecule has 0 aliphatic heterocycles. The third-order valence-corrected chi connectivity index (χ3v) is 6.34. The number of hydrogen-bond donors (Lipinski definition) is 0. The summed E-state index contributed by atoms with van der Waals surface area (Å²) in [7, 11) is 2.04. The first-order valence-electron chi connectivity index (χ1n) is 7.52. The van der Waals surface area contributed by atoms with Gasteiger partial charge in [0.2, 0.25) is 9.05 Å². The molecule has 0 amide bonds. The lowest BCUT2D eigenvalue weighted by Crippen LogP contribution is -2.33. The average molecular weight is 351 g/mol. The SMILES string of the molecule is O=S(=O)(Cl)CC1(COCCc2cccs2)CCCCCC1. The highest BCUT2D eigenvalue weighted by molar-refractivity contribution is 8.13. The van der Waals surface area contributed by atoms with Crippen molar-refractivity contribution in [2.45, 2.75) is 44.9 Å². The minimum atomic E-state index is -3.48. The van der Waals surface area contributed by atoms with Crippen LogP contribution in [0.25, 0.3) is 0 Å². The molecule has 1 aliphatic carbocycles. The molecule has 0 N–H and O–H groups in total. The maximum atomic E-state index is 11.5. The molecule has 2 rings (SSSR count). The van der Waals surface area contributed by atoms with Crippen molar-refractivity contribution in [3.05, 3.63) is 22.4 Å². The van der Waals surface area contributed by atoms with Crippen molar-refractivity contribution in [3.63, 3.8) is 0 Å². The van der Waals surface area contributed by atoms with E-state index in [0.717, 1.165) is 32.1 Å². The topological polar surface area (TPSA) is 43.4 Å². The minimum absolute atomic E-state index is 0.0422. The van der Waals surface area contributed by atoms with Crippen LogP contribution in [0.5, 0.6) is 0 Å². The molecule has 0 atom stereocenters. The highest BCUT2D eigenvalue weighted by Crippen LogP contribution is 2.37. The first kappa shape index (κ1) is 17.3. The number of halogens is 1. The van der Waals surface area contributed by atoms with Gasteiger partial charge >= 0.3 is 0 Å². The summed E-state index contributed by atoms with van der Waals surface area (Å²) in [6.45, 7) is 1.15. The molecule has 0 unspecified atom stereocenters. The number of thiophene rings is 1. The Labute approximate surface area is 136 Å². The molecule has 1 saturated carbocycles. The van der Waals surface area contributed by atoms with E-state index in [-0.39, 0.29) is 11.2 Å². The van der Waals surface area contributed by atoms with Crippen LogP contribution in [0.2, 0.25) is 0 Å². The number of hydrogen-bond acceptors (Lipinski definition) is 4. The molecule has 1 heterocycles. The molecule has 6 heteroatoms.